The molecule has 3 aromatic heterocycles. The van der Waals surface area contributed by atoms with Crippen molar-refractivity contribution in [2.24, 2.45) is 0 Å². The lowest BCUT2D eigenvalue weighted by Crippen LogP contribution is -2.32. The second-order valence-electron chi connectivity index (χ2n) is 5.32. The van der Waals surface area contributed by atoms with Crippen molar-refractivity contribution in [2.45, 2.75) is 33.2 Å². The van der Waals surface area contributed by atoms with Crippen LogP contribution < -0.4 is 10.1 Å². The molecule has 0 bridgehead atoms. The zero-order valence-electron chi connectivity index (χ0n) is 13.7. The van der Waals surface area contributed by atoms with Crippen molar-refractivity contribution in [3.63, 3.8) is 0 Å². The molecule has 8 nitrogen and oxygen atoms in total. The number of hydrogen-bond acceptors (Lipinski definition) is 7. The molecule has 0 aromatic carbocycles. The van der Waals surface area contributed by atoms with Gasteiger partial charge in [-0.3, -0.25) is 4.79 Å². The van der Waals surface area contributed by atoms with Crippen molar-refractivity contribution in [2.75, 3.05) is 6.61 Å². The fourth-order valence-electron chi connectivity index (χ4n) is 2.15. The van der Waals surface area contributed by atoms with Crippen LogP contribution in [-0.4, -0.2) is 37.3 Å². The summed E-state index contributed by atoms with van der Waals surface area (Å²) in [6, 6.07) is 3.28. The third kappa shape index (κ3) is 3.51. The Morgan fingerprint density at radius 3 is 2.96 bits per heavy atom. The van der Waals surface area contributed by atoms with Gasteiger partial charge in [0.25, 0.3) is 5.91 Å². The lowest BCUT2D eigenvalue weighted by atomic mass is 10.2. The van der Waals surface area contributed by atoms with Crippen molar-refractivity contribution in [3.05, 3.63) is 34.0 Å². The molecule has 3 heterocycles. The van der Waals surface area contributed by atoms with Gasteiger partial charge in [-0.1, -0.05) is 6.92 Å². The van der Waals surface area contributed by atoms with E-state index in [0.717, 1.165) is 17.1 Å². The van der Waals surface area contributed by atoms with Crippen molar-refractivity contribution >= 4 is 22.9 Å². The Bertz CT molecular complexity index is 839. The monoisotopic (exact) mass is 346 g/mol. The molecule has 0 aliphatic heterocycles. The van der Waals surface area contributed by atoms with Crippen LogP contribution in [0.2, 0.25) is 0 Å². The number of carbonyl (C=O) groups is 1. The average Bonchev–Trinajstić information content (AvgIpc) is 3.17. The molecule has 0 spiro atoms. The molecular weight excluding hydrogens is 328 g/mol. The summed E-state index contributed by atoms with van der Waals surface area (Å²) < 4.78 is 6.93. The number of aromatic nitrogens is 5. The molecule has 3 aromatic rings. The van der Waals surface area contributed by atoms with Gasteiger partial charge in [0.15, 0.2) is 12.3 Å². The number of ether oxygens (including phenoxy) is 1. The summed E-state index contributed by atoms with van der Waals surface area (Å²) in [6.07, 6.45) is 2.24. The highest BCUT2D eigenvalue weighted by Crippen LogP contribution is 2.24. The van der Waals surface area contributed by atoms with Crippen molar-refractivity contribution in [3.8, 4) is 5.88 Å². The first-order valence-corrected chi connectivity index (χ1v) is 8.41. The third-order valence-electron chi connectivity index (χ3n) is 3.57. The number of nitrogens with zero attached hydrogens (tertiary/aromatic N) is 5. The summed E-state index contributed by atoms with van der Waals surface area (Å²) in [5, 5.41) is 15.6. The zero-order chi connectivity index (χ0) is 17.1. The smallest absolute Gasteiger partial charge is 0.258 e. The number of carbonyl (C=O) groups excluding carboxylic acids is 1. The average molecular weight is 346 g/mol. The molecule has 0 aliphatic rings. The summed E-state index contributed by atoms with van der Waals surface area (Å²) in [6.45, 7) is 5.90. The van der Waals surface area contributed by atoms with E-state index >= 15 is 0 Å². The minimum atomic E-state index is -0.210. The lowest BCUT2D eigenvalue weighted by molar-refractivity contribution is -0.124. The topological polar surface area (TPSA) is 94.3 Å². The quantitative estimate of drug-likeness (QED) is 0.732. The Hall–Kier alpha value is -2.55. The number of nitrogens with one attached hydrogen (secondary N) is 1. The van der Waals surface area contributed by atoms with Gasteiger partial charge in [0, 0.05) is 10.9 Å². The fraction of sp³-hybridized carbons (Fsp3) is 0.400. The van der Waals surface area contributed by atoms with Crippen LogP contribution in [0.25, 0.3) is 5.65 Å². The molecular formula is C15H18N6O2S. The number of fused-ring (bicyclic) bond motifs is 1. The van der Waals surface area contributed by atoms with Crippen LogP contribution in [-0.2, 0) is 4.79 Å². The van der Waals surface area contributed by atoms with Gasteiger partial charge < -0.3 is 10.1 Å². The summed E-state index contributed by atoms with van der Waals surface area (Å²) in [5.41, 5.74) is 1.62. The van der Waals surface area contributed by atoms with E-state index in [2.05, 4.69) is 25.6 Å². The van der Waals surface area contributed by atoms with Gasteiger partial charge in [0.05, 0.1) is 11.7 Å². The van der Waals surface area contributed by atoms with Crippen molar-refractivity contribution < 1.29 is 9.53 Å². The molecule has 0 saturated heterocycles. The third-order valence-corrected chi connectivity index (χ3v) is 4.76. The van der Waals surface area contributed by atoms with E-state index < -0.39 is 0 Å². The SMILES string of the molecule is CC[C@H](NC(=O)COc1ccc2nncn2n1)c1nc(C)c(C)s1. The van der Waals surface area contributed by atoms with E-state index in [1.54, 1.807) is 23.5 Å². The predicted octanol–water partition coefficient (Wildman–Crippen LogP) is 1.84. The van der Waals surface area contributed by atoms with Gasteiger partial charge in [0.2, 0.25) is 5.88 Å². The largest absolute Gasteiger partial charge is 0.467 e. The first-order valence-electron chi connectivity index (χ1n) is 7.60. The van der Waals surface area contributed by atoms with Gasteiger partial charge in [0.1, 0.15) is 11.3 Å². The molecule has 0 aliphatic carbocycles. The second kappa shape index (κ2) is 6.91. The van der Waals surface area contributed by atoms with Gasteiger partial charge in [-0.05, 0) is 26.3 Å². The fourth-order valence-corrected chi connectivity index (χ4v) is 3.21. The Morgan fingerprint density at radius 1 is 1.42 bits per heavy atom. The van der Waals surface area contributed by atoms with Crippen LogP contribution in [0.3, 0.4) is 0 Å². The molecule has 0 saturated carbocycles. The Labute approximate surface area is 142 Å². The predicted molar refractivity (Wildman–Crippen MR) is 89.0 cm³/mol. The molecule has 1 N–H and O–H groups in total. The number of amides is 1. The van der Waals surface area contributed by atoms with Crippen LogP contribution >= 0.6 is 11.3 Å². The van der Waals surface area contributed by atoms with E-state index in [1.165, 1.54) is 15.7 Å². The van der Waals surface area contributed by atoms with Gasteiger partial charge >= 0.3 is 0 Å². The van der Waals surface area contributed by atoms with E-state index in [-0.39, 0.29) is 18.6 Å². The maximum Gasteiger partial charge on any atom is 0.258 e. The maximum absolute atomic E-state index is 12.1. The van der Waals surface area contributed by atoms with Crippen molar-refractivity contribution in [1.29, 1.82) is 0 Å². The standard InChI is InChI=1S/C15H18N6O2S/c1-4-11(15-17-9(2)10(3)24-15)18-13(22)7-23-14-6-5-12-19-16-8-21(12)20-14/h5-6,8,11H,4,7H2,1-3H3,(H,18,22)/t11-/m0/s1. The number of hydrogen-bond donors (Lipinski definition) is 1. The van der Waals surface area contributed by atoms with Gasteiger partial charge in [-0.25, -0.2) is 4.98 Å². The van der Waals surface area contributed by atoms with Crippen LogP contribution in [0.15, 0.2) is 18.5 Å². The molecule has 0 unspecified atom stereocenters. The molecule has 1 amide bonds. The van der Waals surface area contributed by atoms with Crippen LogP contribution in [0.5, 0.6) is 5.88 Å². The highest BCUT2D eigenvalue weighted by atomic mass is 32.1. The van der Waals surface area contributed by atoms with Gasteiger partial charge in [-0.2, -0.15) is 4.52 Å². The number of rotatable bonds is 6. The number of thiazole rings is 1. The summed E-state index contributed by atoms with van der Waals surface area (Å²) >= 11 is 1.61. The Balaban J connectivity index is 1.59. The highest BCUT2D eigenvalue weighted by molar-refractivity contribution is 7.11. The zero-order valence-corrected chi connectivity index (χ0v) is 14.5. The highest BCUT2D eigenvalue weighted by Gasteiger charge is 2.17. The molecule has 9 heteroatoms. The molecule has 0 radical (unpaired) electrons. The molecule has 0 fully saturated rings. The molecule has 126 valence electrons. The molecule has 1 atom stereocenters. The first-order chi connectivity index (χ1) is 11.6. The van der Waals surface area contributed by atoms with E-state index in [9.17, 15) is 4.79 Å². The van der Waals surface area contributed by atoms with Crippen molar-refractivity contribution in [1.82, 2.24) is 30.1 Å². The lowest BCUT2D eigenvalue weighted by Gasteiger charge is -2.14. The summed E-state index contributed by atoms with van der Waals surface area (Å²) in [5.74, 6) is 0.129. The number of aryl methyl sites for hydroxylation is 2. The first kappa shape index (κ1) is 16.3. The van der Waals surface area contributed by atoms with Crippen LogP contribution in [0.1, 0.15) is 35.0 Å². The Kier molecular flexibility index (Phi) is 4.70. The molecule has 3 rings (SSSR count). The van der Waals surface area contributed by atoms with E-state index in [4.69, 9.17) is 4.74 Å². The van der Waals surface area contributed by atoms with Gasteiger partial charge in [-0.15, -0.1) is 26.6 Å². The molecule has 24 heavy (non-hydrogen) atoms. The van der Waals surface area contributed by atoms with Crippen LogP contribution in [0, 0.1) is 13.8 Å². The van der Waals surface area contributed by atoms with Crippen LogP contribution in [0.4, 0.5) is 0 Å². The normalized spacial score (nSPS) is 12.3. The minimum Gasteiger partial charge on any atom is -0.467 e. The van der Waals surface area contributed by atoms with E-state index in [0.29, 0.717) is 11.5 Å². The minimum absolute atomic E-state index is 0.105. The summed E-state index contributed by atoms with van der Waals surface area (Å²) in [7, 11) is 0. The second-order valence-corrected chi connectivity index (χ2v) is 6.55. The maximum atomic E-state index is 12.1. The Morgan fingerprint density at radius 2 is 2.25 bits per heavy atom. The summed E-state index contributed by atoms with van der Waals surface area (Å²) in [4.78, 5) is 17.8. The van der Waals surface area contributed by atoms with E-state index in [1.807, 2.05) is 20.8 Å².